The monoisotopic (exact) mass is 262 g/mol. The Kier molecular flexibility index (Phi) is 4.35. The van der Waals surface area contributed by atoms with Gasteiger partial charge in [-0.2, -0.15) is 0 Å². The van der Waals surface area contributed by atoms with Gasteiger partial charge in [0.2, 0.25) is 0 Å². The summed E-state index contributed by atoms with van der Waals surface area (Å²) in [6.45, 7) is 4.34. The molecule has 1 aliphatic rings. The minimum atomic E-state index is 0.470. The van der Waals surface area contributed by atoms with E-state index in [-0.39, 0.29) is 0 Å². The average Bonchev–Trinajstić information content (AvgIpc) is 2.36. The number of hydrogen-bond donors (Lipinski definition) is 1. The van der Waals surface area contributed by atoms with Crippen LogP contribution in [0.4, 0.5) is 5.69 Å². The Labute approximate surface area is 116 Å². The molecule has 1 aliphatic carbocycles. The van der Waals surface area contributed by atoms with E-state index in [2.05, 4.69) is 49.4 Å². The molecular weight excluding hydrogens is 236 g/mol. The van der Waals surface area contributed by atoms with Crippen molar-refractivity contribution < 1.29 is 4.74 Å². The molecule has 0 aromatic heterocycles. The van der Waals surface area contributed by atoms with Gasteiger partial charge in [0.1, 0.15) is 5.75 Å². The topological polar surface area (TPSA) is 24.5 Å². The van der Waals surface area contributed by atoms with Crippen molar-refractivity contribution in [1.29, 1.82) is 0 Å². The fraction of sp³-hybridized carbons (Fsp3) is 0.625. The molecule has 1 aromatic carbocycles. The number of aryl methyl sites for hydroxylation is 1. The van der Waals surface area contributed by atoms with Gasteiger partial charge >= 0.3 is 0 Å². The Morgan fingerprint density at radius 2 is 2.11 bits per heavy atom. The number of methoxy groups -OCH3 is 1. The van der Waals surface area contributed by atoms with Crippen molar-refractivity contribution in [2.75, 3.05) is 39.2 Å². The minimum Gasteiger partial charge on any atom is -0.496 e. The van der Waals surface area contributed by atoms with Crippen LogP contribution in [0.1, 0.15) is 24.8 Å². The van der Waals surface area contributed by atoms with Crippen molar-refractivity contribution in [3.8, 4) is 5.75 Å². The maximum atomic E-state index is 5.32. The van der Waals surface area contributed by atoms with E-state index in [1.165, 1.54) is 30.5 Å². The molecule has 0 amide bonds. The lowest BCUT2D eigenvalue weighted by atomic mass is 9.68. The van der Waals surface area contributed by atoms with E-state index in [1.807, 2.05) is 0 Å². The van der Waals surface area contributed by atoms with Crippen LogP contribution in [-0.2, 0) is 0 Å². The average molecular weight is 262 g/mol. The fourth-order valence-electron chi connectivity index (χ4n) is 3.14. The predicted octanol–water partition coefficient (Wildman–Crippen LogP) is 2.83. The third-order valence-corrected chi connectivity index (χ3v) is 4.36. The summed E-state index contributed by atoms with van der Waals surface area (Å²) < 4.78 is 5.32. The van der Waals surface area contributed by atoms with Crippen LogP contribution >= 0.6 is 0 Å². The van der Waals surface area contributed by atoms with Gasteiger partial charge in [0.05, 0.1) is 7.11 Å². The number of benzene rings is 1. The highest BCUT2D eigenvalue weighted by Crippen LogP contribution is 2.41. The van der Waals surface area contributed by atoms with Crippen molar-refractivity contribution in [3.63, 3.8) is 0 Å². The highest BCUT2D eigenvalue weighted by atomic mass is 16.5. The minimum absolute atomic E-state index is 0.470. The summed E-state index contributed by atoms with van der Waals surface area (Å²) >= 11 is 0. The number of nitrogens with zero attached hydrogens (tertiary/aromatic N) is 1. The molecule has 1 fully saturated rings. The standard InChI is InChI=1S/C16H26N2O/c1-13-10-14(6-7-15(13)19-4)18(3)12-16(11-17-2)8-5-9-16/h6-7,10,17H,5,8-9,11-12H2,1-4H3. The Bertz CT molecular complexity index is 427. The van der Waals surface area contributed by atoms with Gasteiger partial charge in [-0.05, 0) is 50.6 Å². The molecule has 0 bridgehead atoms. The largest absolute Gasteiger partial charge is 0.496 e. The quantitative estimate of drug-likeness (QED) is 0.853. The Morgan fingerprint density at radius 3 is 2.58 bits per heavy atom. The first-order valence-corrected chi connectivity index (χ1v) is 7.11. The summed E-state index contributed by atoms with van der Waals surface area (Å²) in [6, 6.07) is 6.43. The third kappa shape index (κ3) is 3.03. The molecule has 0 spiro atoms. The molecule has 19 heavy (non-hydrogen) atoms. The predicted molar refractivity (Wildman–Crippen MR) is 81.2 cm³/mol. The zero-order valence-electron chi connectivity index (χ0n) is 12.6. The highest BCUT2D eigenvalue weighted by Gasteiger charge is 2.37. The van der Waals surface area contributed by atoms with Crippen LogP contribution in [0.2, 0.25) is 0 Å². The van der Waals surface area contributed by atoms with Crippen LogP contribution in [0.5, 0.6) is 5.75 Å². The number of ether oxygens (including phenoxy) is 1. The van der Waals surface area contributed by atoms with E-state index in [9.17, 15) is 0 Å². The van der Waals surface area contributed by atoms with Crippen molar-refractivity contribution in [2.45, 2.75) is 26.2 Å². The van der Waals surface area contributed by atoms with Gasteiger partial charge in [-0.1, -0.05) is 6.42 Å². The maximum Gasteiger partial charge on any atom is 0.121 e. The molecule has 2 rings (SSSR count). The van der Waals surface area contributed by atoms with Gasteiger partial charge in [0.25, 0.3) is 0 Å². The van der Waals surface area contributed by atoms with Crippen molar-refractivity contribution in [3.05, 3.63) is 23.8 Å². The van der Waals surface area contributed by atoms with E-state index in [0.717, 1.165) is 18.8 Å². The number of nitrogens with one attached hydrogen (secondary N) is 1. The van der Waals surface area contributed by atoms with E-state index < -0.39 is 0 Å². The maximum absolute atomic E-state index is 5.32. The molecular formula is C16H26N2O. The van der Waals surface area contributed by atoms with Crippen molar-refractivity contribution in [1.82, 2.24) is 5.32 Å². The molecule has 0 radical (unpaired) electrons. The summed E-state index contributed by atoms with van der Waals surface area (Å²) in [5.74, 6) is 0.964. The molecule has 0 heterocycles. The second-order valence-electron chi connectivity index (χ2n) is 5.89. The van der Waals surface area contributed by atoms with Crippen LogP contribution in [0.25, 0.3) is 0 Å². The lowest BCUT2D eigenvalue weighted by molar-refractivity contribution is 0.143. The van der Waals surface area contributed by atoms with Gasteiger partial charge < -0.3 is 15.0 Å². The Hall–Kier alpha value is -1.22. The Morgan fingerprint density at radius 1 is 1.37 bits per heavy atom. The summed E-state index contributed by atoms with van der Waals surface area (Å²) in [7, 11) is 5.97. The number of hydrogen-bond acceptors (Lipinski definition) is 3. The molecule has 1 aromatic rings. The SMILES string of the molecule is CNCC1(CN(C)c2ccc(OC)c(C)c2)CCC1. The molecule has 1 saturated carbocycles. The van der Waals surface area contributed by atoms with E-state index in [4.69, 9.17) is 4.74 Å². The van der Waals surface area contributed by atoms with Crippen molar-refractivity contribution >= 4 is 5.69 Å². The first-order valence-electron chi connectivity index (χ1n) is 7.11. The zero-order chi connectivity index (χ0) is 13.9. The lowest BCUT2D eigenvalue weighted by Crippen LogP contribution is -2.47. The molecule has 3 heteroatoms. The van der Waals surface area contributed by atoms with Crippen molar-refractivity contribution in [2.24, 2.45) is 5.41 Å². The van der Waals surface area contributed by atoms with E-state index >= 15 is 0 Å². The fourth-order valence-corrected chi connectivity index (χ4v) is 3.14. The summed E-state index contributed by atoms with van der Waals surface area (Å²) in [6.07, 6.45) is 4.05. The van der Waals surface area contributed by atoms with Crippen LogP contribution in [0, 0.1) is 12.3 Å². The van der Waals surface area contributed by atoms with Crippen LogP contribution in [0.3, 0.4) is 0 Å². The van der Waals surface area contributed by atoms with E-state index in [1.54, 1.807) is 7.11 Å². The number of anilines is 1. The van der Waals surface area contributed by atoms with Gasteiger partial charge in [-0.25, -0.2) is 0 Å². The molecule has 0 unspecified atom stereocenters. The first kappa shape index (κ1) is 14.2. The second-order valence-corrected chi connectivity index (χ2v) is 5.89. The zero-order valence-corrected chi connectivity index (χ0v) is 12.6. The smallest absolute Gasteiger partial charge is 0.121 e. The van der Waals surface area contributed by atoms with Gasteiger partial charge in [0, 0.05) is 31.2 Å². The molecule has 106 valence electrons. The van der Waals surface area contributed by atoms with Crippen LogP contribution in [-0.4, -0.2) is 34.3 Å². The first-order chi connectivity index (χ1) is 9.10. The number of rotatable bonds is 6. The second kappa shape index (κ2) is 5.83. The van der Waals surface area contributed by atoms with Gasteiger partial charge in [-0.15, -0.1) is 0 Å². The molecule has 1 N–H and O–H groups in total. The molecule has 3 nitrogen and oxygen atoms in total. The molecule has 0 aliphatic heterocycles. The third-order valence-electron chi connectivity index (χ3n) is 4.36. The van der Waals surface area contributed by atoms with Gasteiger partial charge in [0.15, 0.2) is 0 Å². The molecule has 0 saturated heterocycles. The normalized spacial score (nSPS) is 16.8. The van der Waals surface area contributed by atoms with Crippen LogP contribution < -0.4 is 15.0 Å². The lowest BCUT2D eigenvalue weighted by Gasteiger charge is -2.45. The van der Waals surface area contributed by atoms with E-state index in [0.29, 0.717) is 5.41 Å². The Balaban J connectivity index is 2.07. The molecule has 0 atom stereocenters. The highest BCUT2D eigenvalue weighted by molar-refractivity contribution is 5.52. The summed E-state index contributed by atoms with van der Waals surface area (Å²) in [5, 5.41) is 3.35. The summed E-state index contributed by atoms with van der Waals surface area (Å²) in [5.41, 5.74) is 2.95. The van der Waals surface area contributed by atoms with Gasteiger partial charge in [-0.3, -0.25) is 0 Å². The summed E-state index contributed by atoms with van der Waals surface area (Å²) in [4.78, 5) is 2.38. The van der Waals surface area contributed by atoms with Crippen LogP contribution in [0.15, 0.2) is 18.2 Å².